The van der Waals surface area contributed by atoms with E-state index in [-0.39, 0.29) is 13.0 Å². The van der Waals surface area contributed by atoms with Crippen molar-refractivity contribution in [3.8, 4) is 5.75 Å². The van der Waals surface area contributed by atoms with Crippen molar-refractivity contribution in [1.29, 1.82) is 0 Å². The van der Waals surface area contributed by atoms with Gasteiger partial charge in [0.1, 0.15) is 18.6 Å². The molecule has 0 N–H and O–H groups in total. The van der Waals surface area contributed by atoms with Gasteiger partial charge in [0.25, 0.3) is 0 Å². The molecule has 0 radical (unpaired) electrons. The van der Waals surface area contributed by atoms with E-state index in [9.17, 15) is 14.4 Å². The van der Waals surface area contributed by atoms with Gasteiger partial charge in [0, 0.05) is 13.0 Å². The first kappa shape index (κ1) is 16.7. The number of carbonyl (C=O) groups excluding carboxylic acids is 3. The van der Waals surface area contributed by atoms with Crippen molar-refractivity contribution in [1.82, 2.24) is 4.90 Å². The Bertz CT molecular complexity index is 626. The lowest BCUT2D eigenvalue weighted by molar-refractivity contribution is -0.108. The van der Waals surface area contributed by atoms with E-state index in [4.69, 9.17) is 9.47 Å². The maximum atomic E-state index is 12.2. The Morgan fingerprint density at radius 2 is 2.22 bits per heavy atom. The maximum absolute atomic E-state index is 12.2. The molecule has 2 rings (SSSR count). The minimum absolute atomic E-state index is 0.109. The fraction of sp³-hybridized carbons (Fsp3) is 0.353. The zero-order valence-corrected chi connectivity index (χ0v) is 13.0. The highest BCUT2D eigenvalue weighted by atomic mass is 16.6. The zero-order chi connectivity index (χ0) is 16.8. The molecule has 1 aromatic carbocycles. The minimum Gasteiger partial charge on any atom is -0.496 e. The van der Waals surface area contributed by atoms with Gasteiger partial charge >= 0.3 is 6.09 Å². The Labute approximate surface area is 134 Å². The summed E-state index contributed by atoms with van der Waals surface area (Å²) in [5, 5.41) is 0. The molecule has 0 fully saturated rings. The molecule has 0 aromatic heterocycles. The van der Waals surface area contributed by atoms with Gasteiger partial charge < -0.3 is 19.2 Å². The number of hydrogen-bond acceptors (Lipinski definition) is 5. The molecule has 0 saturated heterocycles. The maximum Gasteiger partial charge on any atom is 0.410 e. The van der Waals surface area contributed by atoms with Crippen molar-refractivity contribution in [2.45, 2.75) is 18.9 Å². The molecule has 122 valence electrons. The summed E-state index contributed by atoms with van der Waals surface area (Å²) in [6.45, 7) is 4.05. The minimum atomic E-state index is -0.495. The normalized spacial score (nSPS) is 16.2. The zero-order valence-electron chi connectivity index (χ0n) is 13.0. The Kier molecular flexibility index (Phi) is 5.51. The number of nitrogens with zero attached hydrogens (tertiary/aromatic N) is 1. The highest BCUT2D eigenvalue weighted by Crippen LogP contribution is 2.35. The van der Waals surface area contributed by atoms with Crippen molar-refractivity contribution in [3.05, 3.63) is 41.5 Å². The van der Waals surface area contributed by atoms with Crippen LogP contribution < -0.4 is 4.74 Å². The highest BCUT2D eigenvalue weighted by Gasteiger charge is 2.32. The number of ether oxygens (including phenoxy) is 2. The summed E-state index contributed by atoms with van der Waals surface area (Å²) in [5.41, 5.74) is 2.14. The van der Waals surface area contributed by atoms with E-state index in [0.717, 1.165) is 17.4 Å². The second-order valence-corrected chi connectivity index (χ2v) is 5.14. The average molecular weight is 317 g/mol. The van der Waals surface area contributed by atoms with Gasteiger partial charge in [-0.1, -0.05) is 12.7 Å². The van der Waals surface area contributed by atoms with Gasteiger partial charge in [0.15, 0.2) is 6.29 Å². The lowest BCUT2D eigenvalue weighted by Gasteiger charge is -2.36. The first-order valence-electron chi connectivity index (χ1n) is 7.30. The topological polar surface area (TPSA) is 72.9 Å². The highest BCUT2D eigenvalue weighted by molar-refractivity contribution is 5.81. The van der Waals surface area contributed by atoms with Crippen LogP contribution in [0.1, 0.15) is 33.9 Å². The second kappa shape index (κ2) is 7.58. The molecule has 6 nitrogen and oxygen atoms in total. The summed E-state index contributed by atoms with van der Waals surface area (Å²) >= 11 is 0. The summed E-state index contributed by atoms with van der Waals surface area (Å²) in [5.74, 6) is 0.492. The van der Waals surface area contributed by atoms with Crippen molar-refractivity contribution in [2.24, 2.45) is 0 Å². The first-order chi connectivity index (χ1) is 11.2. The molecular formula is C17H19NO5. The van der Waals surface area contributed by atoms with E-state index in [2.05, 4.69) is 6.58 Å². The van der Waals surface area contributed by atoms with Gasteiger partial charge in [-0.2, -0.15) is 0 Å². The molecule has 1 aliphatic rings. The van der Waals surface area contributed by atoms with E-state index in [1.807, 2.05) is 0 Å². The molecule has 0 unspecified atom stereocenters. The number of rotatable bonds is 6. The van der Waals surface area contributed by atoms with Gasteiger partial charge in [0.2, 0.25) is 0 Å². The van der Waals surface area contributed by atoms with E-state index in [1.165, 1.54) is 18.1 Å². The van der Waals surface area contributed by atoms with E-state index < -0.39 is 12.1 Å². The van der Waals surface area contributed by atoms with Crippen LogP contribution in [-0.4, -0.2) is 43.8 Å². The Morgan fingerprint density at radius 1 is 1.43 bits per heavy atom. The molecule has 6 heteroatoms. The SMILES string of the molecule is C=CCOC(=O)N1CCc2cc(OC)c(C=O)cc2[C@@H]1CC=O. The Hall–Kier alpha value is -2.63. The average Bonchev–Trinajstić information content (AvgIpc) is 2.58. The lowest BCUT2D eigenvalue weighted by atomic mass is 9.89. The third-order valence-corrected chi connectivity index (χ3v) is 3.85. The first-order valence-corrected chi connectivity index (χ1v) is 7.30. The molecule has 1 amide bonds. The van der Waals surface area contributed by atoms with Gasteiger partial charge in [-0.3, -0.25) is 4.79 Å². The van der Waals surface area contributed by atoms with Crippen LogP contribution in [-0.2, 0) is 16.0 Å². The third-order valence-electron chi connectivity index (χ3n) is 3.85. The quantitative estimate of drug-likeness (QED) is 0.595. The van der Waals surface area contributed by atoms with Crippen LogP contribution in [0.2, 0.25) is 0 Å². The number of benzene rings is 1. The molecule has 1 aromatic rings. The van der Waals surface area contributed by atoms with E-state index in [0.29, 0.717) is 30.6 Å². The number of methoxy groups -OCH3 is 1. The standard InChI is InChI=1S/C17H19NO5/c1-3-8-23-17(21)18-6-4-12-10-16(22-2)13(11-20)9-14(12)15(18)5-7-19/h3,7,9-11,15H,1,4-6,8H2,2H3/t15-/m0/s1. The van der Waals surface area contributed by atoms with Gasteiger partial charge in [0.05, 0.1) is 18.7 Å². The molecule has 1 atom stereocenters. The van der Waals surface area contributed by atoms with Gasteiger partial charge in [-0.25, -0.2) is 4.79 Å². The lowest BCUT2D eigenvalue weighted by Crippen LogP contribution is -2.40. The van der Waals surface area contributed by atoms with E-state index >= 15 is 0 Å². The number of aldehydes is 2. The predicted molar refractivity (Wildman–Crippen MR) is 83.8 cm³/mol. The molecule has 0 bridgehead atoms. The van der Waals surface area contributed by atoms with Crippen LogP contribution in [0.15, 0.2) is 24.8 Å². The van der Waals surface area contributed by atoms with Crippen LogP contribution in [0.4, 0.5) is 4.79 Å². The molecule has 23 heavy (non-hydrogen) atoms. The Balaban J connectivity index is 2.40. The number of hydrogen-bond donors (Lipinski definition) is 0. The second-order valence-electron chi connectivity index (χ2n) is 5.14. The summed E-state index contributed by atoms with van der Waals surface area (Å²) in [4.78, 5) is 36.0. The fourth-order valence-electron chi connectivity index (χ4n) is 2.79. The van der Waals surface area contributed by atoms with Crippen molar-refractivity contribution in [3.63, 3.8) is 0 Å². The predicted octanol–water partition coefficient (Wildman–Crippen LogP) is 2.32. The molecule has 0 spiro atoms. The third kappa shape index (κ3) is 3.41. The molecule has 1 heterocycles. The molecule has 0 aliphatic carbocycles. The number of fused-ring (bicyclic) bond motifs is 1. The smallest absolute Gasteiger partial charge is 0.410 e. The van der Waals surface area contributed by atoms with Crippen LogP contribution >= 0.6 is 0 Å². The van der Waals surface area contributed by atoms with Crippen LogP contribution in [0, 0.1) is 0 Å². The Morgan fingerprint density at radius 3 is 2.83 bits per heavy atom. The van der Waals surface area contributed by atoms with Gasteiger partial charge in [-0.15, -0.1) is 0 Å². The summed E-state index contributed by atoms with van der Waals surface area (Å²) in [7, 11) is 1.50. The van der Waals surface area contributed by atoms with Crippen LogP contribution in [0.25, 0.3) is 0 Å². The summed E-state index contributed by atoms with van der Waals surface area (Å²) in [6, 6.07) is 3.03. The summed E-state index contributed by atoms with van der Waals surface area (Å²) < 4.78 is 10.3. The van der Waals surface area contributed by atoms with E-state index in [1.54, 1.807) is 12.1 Å². The van der Waals surface area contributed by atoms with Crippen molar-refractivity contribution in [2.75, 3.05) is 20.3 Å². The molecule has 0 saturated carbocycles. The van der Waals surface area contributed by atoms with Crippen molar-refractivity contribution >= 4 is 18.7 Å². The number of amides is 1. The number of carbonyl (C=O) groups is 3. The van der Waals surface area contributed by atoms with Crippen LogP contribution in [0.5, 0.6) is 5.75 Å². The van der Waals surface area contributed by atoms with Crippen molar-refractivity contribution < 1.29 is 23.9 Å². The van der Waals surface area contributed by atoms with Gasteiger partial charge in [-0.05, 0) is 29.7 Å². The monoisotopic (exact) mass is 317 g/mol. The van der Waals surface area contributed by atoms with Crippen LogP contribution in [0.3, 0.4) is 0 Å². The largest absolute Gasteiger partial charge is 0.496 e. The summed E-state index contributed by atoms with van der Waals surface area (Å²) in [6.07, 6.45) is 3.19. The molecule has 1 aliphatic heterocycles. The fourth-order valence-corrected chi connectivity index (χ4v) is 2.79. The molecular weight excluding hydrogens is 298 g/mol.